The van der Waals surface area contributed by atoms with E-state index >= 15 is 0 Å². The van der Waals surface area contributed by atoms with E-state index in [0.29, 0.717) is 6.67 Å². The van der Waals surface area contributed by atoms with Crippen molar-refractivity contribution < 1.29 is 0 Å². The second-order valence-corrected chi connectivity index (χ2v) is 2.70. The Kier molecular flexibility index (Phi) is 5.58. The van der Waals surface area contributed by atoms with Crippen LogP contribution in [0.3, 0.4) is 0 Å². The molecule has 3 heteroatoms. The van der Waals surface area contributed by atoms with Gasteiger partial charge < -0.3 is 10.6 Å². The van der Waals surface area contributed by atoms with Gasteiger partial charge in [-0.05, 0) is 20.6 Å². The average Bonchev–Trinajstić information content (AvgIpc) is 1.90. The van der Waals surface area contributed by atoms with E-state index in [2.05, 4.69) is 30.8 Å². The molecule has 0 atom stereocenters. The molecule has 10 heavy (non-hydrogen) atoms. The number of nitrogens with two attached hydrogens (primary N) is 1. The van der Waals surface area contributed by atoms with E-state index in [0.717, 1.165) is 19.6 Å². The largest absolute Gasteiger partial charge is 0.318 e. The molecule has 0 bridgehead atoms. The van der Waals surface area contributed by atoms with Crippen LogP contribution in [0, 0.1) is 0 Å². The first-order chi connectivity index (χ1) is 4.70. The molecule has 0 radical (unpaired) electrons. The van der Waals surface area contributed by atoms with Gasteiger partial charge in [-0.2, -0.15) is 0 Å². The molecule has 0 saturated carbocycles. The zero-order valence-electron chi connectivity index (χ0n) is 7.30. The van der Waals surface area contributed by atoms with E-state index in [1.165, 1.54) is 0 Å². The van der Waals surface area contributed by atoms with Gasteiger partial charge in [-0.3, -0.25) is 4.90 Å². The number of rotatable bonds is 5. The van der Waals surface area contributed by atoms with Gasteiger partial charge in [0, 0.05) is 19.8 Å². The Bertz CT molecular complexity index is 69.3. The van der Waals surface area contributed by atoms with E-state index in [1.54, 1.807) is 0 Å². The van der Waals surface area contributed by atoms with Gasteiger partial charge in [-0.15, -0.1) is 0 Å². The summed E-state index contributed by atoms with van der Waals surface area (Å²) in [6.07, 6.45) is 0. The van der Waals surface area contributed by atoms with Crippen LogP contribution in [0.2, 0.25) is 0 Å². The molecule has 0 spiro atoms. The predicted molar refractivity (Wildman–Crippen MR) is 44.9 cm³/mol. The van der Waals surface area contributed by atoms with Crippen LogP contribution in [0.25, 0.3) is 0 Å². The lowest BCUT2D eigenvalue weighted by molar-refractivity contribution is 0.257. The zero-order chi connectivity index (χ0) is 7.98. The Labute approximate surface area is 63.8 Å². The molecule has 0 aliphatic heterocycles. The molecule has 3 nitrogen and oxygen atoms in total. The average molecular weight is 145 g/mol. The van der Waals surface area contributed by atoms with E-state index in [-0.39, 0.29) is 0 Å². The Hall–Kier alpha value is -0.120. The topological polar surface area (TPSA) is 32.5 Å². The second kappa shape index (κ2) is 5.65. The minimum absolute atomic E-state index is 0.671. The Morgan fingerprint density at radius 2 is 1.80 bits per heavy atom. The molecule has 0 rings (SSSR count). The van der Waals surface area contributed by atoms with E-state index in [1.807, 2.05) is 0 Å². The highest BCUT2D eigenvalue weighted by Crippen LogP contribution is 1.83. The molecule has 62 valence electrons. The summed E-state index contributed by atoms with van der Waals surface area (Å²) in [7, 11) is 4.15. The molecule has 0 unspecified atom stereocenters. The minimum Gasteiger partial charge on any atom is -0.318 e. The zero-order valence-corrected chi connectivity index (χ0v) is 7.30. The maximum atomic E-state index is 5.48. The summed E-state index contributed by atoms with van der Waals surface area (Å²) in [6, 6.07) is 0. The van der Waals surface area contributed by atoms with Crippen LogP contribution in [0.4, 0.5) is 0 Å². The lowest BCUT2D eigenvalue weighted by Crippen LogP contribution is -2.35. The molecule has 0 heterocycles. The highest BCUT2D eigenvalue weighted by atomic mass is 15.2. The standard InChI is InChI=1S/C7H19N3/c1-4-10(7-8)6-5-9(2)3/h4-8H2,1-3H3. The van der Waals surface area contributed by atoms with Gasteiger partial charge in [0.2, 0.25) is 0 Å². The van der Waals surface area contributed by atoms with Gasteiger partial charge in [0.05, 0.1) is 0 Å². The first kappa shape index (κ1) is 9.88. The van der Waals surface area contributed by atoms with Crippen molar-refractivity contribution in [3.63, 3.8) is 0 Å². The Morgan fingerprint density at radius 1 is 1.20 bits per heavy atom. The molecule has 0 aromatic carbocycles. The van der Waals surface area contributed by atoms with Crippen molar-refractivity contribution in [2.75, 3.05) is 40.4 Å². The van der Waals surface area contributed by atoms with Gasteiger partial charge in [0.1, 0.15) is 0 Å². The molecule has 0 aromatic heterocycles. The van der Waals surface area contributed by atoms with E-state index in [9.17, 15) is 0 Å². The lowest BCUT2D eigenvalue weighted by Gasteiger charge is -2.19. The number of hydrogen-bond donors (Lipinski definition) is 1. The van der Waals surface area contributed by atoms with E-state index < -0.39 is 0 Å². The third kappa shape index (κ3) is 4.73. The van der Waals surface area contributed by atoms with Gasteiger partial charge in [0.15, 0.2) is 0 Å². The summed E-state index contributed by atoms with van der Waals surface area (Å²) < 4.78 is 0. The van der Waals surface area contributed by atoms with Crippen molar-refractivity contribution in [2.45, 2.75) is 6.92 Å². The summed E-state index contributed by atoms with van der Waals surface area (Å²) in [4.78, 5) is 4.37. The van der Waals surface area contributed by atoms with Crippen molar-refractivity contribution in [1.82, 2.24) is 9.80 Å². The first-order valence-corrected chi connectivity index (χ1v) is 3.77. The fourth-order valence-corrected chi connectivity index (χ4v) is 0.720. The quantitative estimate of drug-likeness (QED) is 0.543. The summed E-state index contributed by atoms with van der Waals surface area (Å²) in [5.74, 6) is 0. The van der Waals surface area contributed by atoms with Gasteiger partial charge in [-0.25, -0.2) is 0 Å². The molecule has 0 fully saturated rings. The van der Waals surface area contributed by atoms with Gasteiger partial charge in [-0.1, -0.05) is 6.92 Å². The fraction of sp³-hybridized carbons (Fsp3) is 1.00. The van der Waals surface area contributed by atoms with Crippen molar-refractivity contribution in [3.8, 4) is 0 Å². The van der Waals surface area contributed by atoms with Crippen LogP contribution >= 0.6 is 0 Å². The van der Waals surface area contributed by atoms with Crippen LogP contribution in [-0.4, -0.2) is 50.2 Å². The van der Waals surface area contributed by atoms with Crippen LogP contribution in [-0.2, 0) is 0 Å². The summed E-state index contributed by atoms with van der Waals surface area (Å²) in [5, 5.41) is 0. The number of nitrogens with zero attached hydrogens (tertiary/aromatic N) is 2. The summed E-state index contributed by atoms with van der Waals surface area (Å²) in [5.41, 5.74) is 5.48. The number of hydrogen-bond acceptors (Lipinski definition) is 3. The molecule has 0 amide bonds. The van der Waals surface area contributed by atoms with Crippen molar-refractivity contribution in [3.05, 3.63) is 0 Å². The first-order valence-electron chi connectivity index (χ1n) is 3.77. The molecular weight excluding hydrogens is 126 g/mol. The Morgan fingerprint density at radius 3 is 2.10 bits per heavy atom. The van der Waals surface area contributed by atoms with Crippen molar-refractivity contribution in [2.24, 2.45) is 5.73 Å². The van der Waals surface area contributed by atoms with Gasteiger partial charge >= 0.3 is 0 Å². The predicted octanol–water partition coefficient (Wildman–Crippen LogP) is -0.214. The molecule has 0 saturated heterocycles. The maximum Gasteiger partial charge on any atom is 0.0455 e. The Balaban J connectivity index is 3.26. The third-order valence-corrected chi connectivity index (χ3v) is 1.57. The maximum absolute atomic E-state index is 5.48. The smallest absolute Gasteiger partial charge is 0.0455 e. The molecule has 2 N–H and O–H groups in total. The monoisotopic (exact) mass is 145 g/mol. The second-order valence-electron chi connectivity index (χ2n) is 2.70. The van der Waals surface area contributed by atoms with Gasteiger partial charge in [0.25, 0.3) is 0 Å². The third-order valence-electron chi connectivity index (χ3n) is 1.57. The SMILES string of the molecule is CCN(CN)CCN(C)C. The minimum atomic E-state index is 0.671. The van der Waals surface area contributed by atoms with Crippen molar-refractivity contribution in [1.29, 1.82) is 0 Å². The normalized spacial score (nSPS) is 11.4. The highest BCUT2D eigenvalue weighted by molar-refractivity contribution is 4.53. The molecule has 0 aromatic rings. The fourth-order valence-electron chi connectivity index (χ4n) is 0.720. The lowest BCUT2D eigenvalue weighted by atomic mass is 10.5. The van der Waals surface area contributed by atoms with Crippen LogP contribution in [0.5, 0.6) is 0 Å². The summed E-state index contributed by atoms with van der Waals surface area (Å²) >= 11 is 0. The van der Waals surface area contributed by atoms with Crippen LogP contribution in [0.15, 0.2) is 0 Å². The molecule has 0 aliphatic rings. The van der Waals surface area contributed by atoms with E-state index in [4.69, 9.17) is 5.73 Å². The molecule has 0 aliphatic carbocycles. The summed E-state index contributed by atoms with van der Waals surface area (Å²) in [6.45, 7) is 6.00. The van der Waals surface area contributed by atoms with Crippen LogP contribution in [0.1, 0.15) is 6.92 Å². The van der Waals surface area contributed by atoms with Crippen LogP contribution < -0.4 is 5.73 Å². The molecular formula is C7H19N3. The van der Waals surface area contributed by atoms with Crippen molar-refractivity contribution >= 4 is 0 Å². The number of likely N-dealkylation sites (N-methyl/N-ethyl adjacent to an activating group) is 2. The highest BCUT2D eigenvalue weighted by Gasteiger charge is 1.97.